The summed E-state index contributed by atoms with van der Waals surface area (Å²) in [6.07, 6.45) is 5.01. The van der Waals surface area contributed by atoms with Crippen molar-refractivity contribution in [3.63, 3.8) is 0 Å². The number of nitrogens with two attached hydrogens (primary N) is 1. The molecule has 172 valence electrons. The highest BCUT2D eigenvalue weighted by Crippen LogP contribution is 2.38. The van der Waals surface area contributed by atoms with Crippen LogP contribution in [-0.4, -0.2) is 58.6 Å². The Balaban J connectivity index is 1.51. The molecule has 0 spiro atoms. The van der Waals surface area contributed by atoms with E-state index in [-0.39, 0.29) is 17.6 Å². The van der Waals surface area contributed by atoms with E-state index < -0.39 is 5.91 Å². The molecule has 33 heavy (non-hydrogen) atoms. The van der Waals surface area contributed by atoms with Gasteiger partial charge in [0, 0.05) is 38.3 Å². The lowest BCUT2D eigenvalue weighted by Crippen LogP contribution is -2.25. The minimum absolute atomic E-state index is 0.0487. The number of imidazole rings is 1. The van der Waals surface area contributed by atoms with Crippen molar-refractivity contribution in [2.45, 2.75) is 37.4 Å². The van der Waals surface area contributed by atoms with Crippen LogP contribution in [0.3, 0.4) is 0 Å². The highest BCUT2D eigenvalue weighted by Gasteiger charge is 2.31. The van der Waals surface area contributed by atoms with Crippen LogP contribution < -0.4 is 16.4 Å². The number of aromatic nitrogens is 4. The van der Waals surface area contributed by atoms with E-state index in [1.165, 1.54) is 12.8 Å². The predicted octanol–water partition coefficient (Wildman–Crippen LogP) is 2.31. The highest BCUT2D eigenvalue weighted by atomic mass is 35.5. The van der Waals surface area contributed by atoms with Gasteiger partial charge in [-0.25, -0.2) is 9.67 Å². The summed E-state index contributed by atoms with van der Waals surface area (Å²) in [6, 6.07) is 4.56. The first kappa shape index (κ1) is 21.8. The summed E-state index contributed by atoms with van der Waals surface area (Å²) in [5, 5.41) is 11.7. The maximum atomic E-state index is 12.3. The van der Waals surface area contributed by atoms with Gasteiger partial charge >= 0.3 is 0 Å². The van der Waals surface area contributed by atoms with Crippen molar-refractivity contribution in [2.75, 3.05) is 32.6 Å². The zero-order valence-corrected chi connectivity index (χ0v) is 19.3. The molecule has 1 aliphatic carbocycles. The lowest BCUT2D eigenvalue weighted by Gasteiger charge is -2.14. The lowest BCUT2D eigenvalue weighted by molar-refractivity contribution is 0.100. The fourth-order valence-electron chi connectivity index (χ4n) is 4.49. The predicted molar refractivity (Wildman–Crippen MR) is 127 cm³/mol. The van der Waals surface area contributed by atoms with Crippen LogP contribution in [-0.2, 0) is 4.74 Å². The Hall–Kier alpha value is -3.06. The maximum Gasteiger partial charge on any atom is 0.255 e. The Morgan fingerprint density at radius 3 is 2.88 bits per heavy atom. The molecular formula is C23H26ClN7O2. The van der Waals surface area contributed by atoms with Crippen molar-refractivity contribution in [3.8, 4) is 11.8 Å². The molecule has 2 atom stereocenters. The molecule has 1 saturated carbocycles. The molecule has 4 N–H and O–H groups in total. The molecule has 0 bridgehead atoms. The number of anilines is 1. The first-order chi connectivity index (χ1) is 16.0. The number of nitrogens with zero attached hydrogens (tertiary/aromatic N) is 4. The van der Waals surface area contributed by atoms with Crippen LogP contribution in [0.5, 0.6) is 0 Å². The third-order valence-corrected chi connectivity index (χ3v) is 6.54. The lowest BCUT2D eigenvalue weighted by atomic mass is 10.1. The highest BCUT2D eigenvalue weighted by molar-refractivity contribution is 6.32. The van der Waals surface area contributed by atoms with Gasteiger partial charge in [0.15, 0.2) is 5.69 Å². The molecule has 3 aromatic rings. The van der Waals surface area contributed by atoms with Gasteiger partial charge in [-0.3, -0.25) is 4.79 Å². The molecule has 1 amide bonds. The average Bonchev–Trinajstić information content (AvgIpc) is 3.22. The molecule has 0 unspecified atom stereocenters. The Kier molecular flexibility index (Phi) is 5.74. The quantitative estimate of drug-likeness (QED) is 0.479. The van der Waals surface area contributed by atoms with Gasteiger partial charge in [-0.1, -0.05) is 17.5 Å². The molecular weight excluding hydrogens is 442 g/mol. The fourth-order valence-corrected chi connectivity index (χ4v) is 4.69. The van der Waals surface area contributed by atoms with E-state index in [2.05, 4.69) is 37.1 Å². The fraction of sp³-hybridized carbons (Fsp3) is 0.435. The zero-order valence-electron chi connectivity index (χ0n) is 18.6. The summed E-state index contributed by atoms with van der Waals surface area (Å²) in [5.74, 6) is 6.08. The number of methoxy groups -OCH3 is 1. The van der Waals surface area contributed by atoms with Crippen LogP contribution in [0.4, 0.5) is 5.82 Å². The number of rotatable bonds is 6. The third kappa shape index (κ3) is 4.06. The first-order valence-electron chi connectivity index (χ1n) is 11.0. The summed E-state index contributed by atoms with van der Waals surface area (Å²) in [7, 11) is 3.42. The van der Waals surface area contributed by atoms with Crippen molar-refractivity contribution >= 4 is 34.4 Å². The van der Waals surface area contributed by atoms with Crippen molar-refractivity contribution < 1.29 is 9.53 Å². The molecule has 10 heteroatoms. The van der Waals surface area contributed by atoms with Crippen LogP contribution in [0.2, 0.25) is 5.02 Å². The number of primary amides is 1. The summed E-state index contributed by atoms with van der Waals surface area (Å²) in [4.78, 5) is 16.8. The topological polar surface area (TPSA) is 112 Å². The number of nitrogens with one attached hydrogen (secondary N) is 2. The third-order valence-electron chi connectivity index (χ3n) is 6.23. The van der Waals surface area contributed by atoms with Gasteiger partial charge in [-0.05, 0) is 37.3 Å². The summed E-state index contributed by atoms with van der Waals surface area (Å²) in [6.45, 7) is 1.32. The first-order valence-corrected chi connectivity index (χ1v) is 11.4. The van der Waals surface area contributed by atoms with Crippen LogP contribution in [0, 0.1) is 11.8 Å². The van der Waals surface area contributed by atoms with E-state index in [4.69, 9.17) is 22.1 Å². The van der Waals surface area contributed by atoms with Gasteiger partial charge in [0.1, 0.15) is 11.4 Å². The number of ether oxygens (including phenoxy) is 1. The molecule has 1 aliphatic heterocycles. The second kappa shape index (κ2) is 8.71. The summed E-state index contributed by atoms with van der Waals surface area (Å²) < 4.78 is 9.22. The Labute approximate surface area is 196 Å². The number of hydrogen-bond donors (Lipinski definition) is 3. The Morgan fingerprint density at radius 1 is 1.36 bits per heavy atom. The van der Waals surface area contributed by atoms with E-state index in [0.29, 0.717) is 41.3 Å². The largest absolute Gasteiger partial charge is 0.383 e. The van der Waals surface area contributed by atoms with Gasteiger partial charge in [0.2, 0.25) is 0 Å². The van der Waals surface area contributed by atoms with Gasteiger partial charge < -0.3 is 25.7 Å². The van der Waals surface area contributed by atoms with E-state index in [1.54, 1.807) is 18.8 Å². The molecule has 3 heterocycles. The average molecular weight is 468 g/mol. The van der Waals surface area contributed by atoms with E-state index in [0.717, 1.165) is 17.5 Å². The minimum Gasteiger partial charge on any atom is -0.383 e. The van der Waals surface area contributed by atoms with Gasteiger partial charge in [-0.15, -0.1) is 0 Å². The standard InChI is InChI=1S/C23H26ClN7O2/c1-26-23-21(22(25)32)18(29-31(23)16-8-14(11-33-2)27-10-16)6-3-13-7-19-20(9-17(13)24)30(12-28-19)15-4-5-15/h7,9,12,14-16,26-27H,4-5,8,10-11H2,1-2H3,(H2,25,32)/t14-,16+/m1/s1. The number of benzene rings is 1. The van der Waals surface area contributed by atoms with Crippen molar-refractivity contribution in [3.05, 3.63) is 40.3 Å². The normalized spacial score (nSPS) is 20.1. The molecule has 1 saturated heterocycles. The van der Waals surface area contributed by atoms with E-state index >= 15 is 0 Å². The Morgan fingerprint density at radius 2 is 2.18 bits per heavy atom. The smallest absolute Gasteiger partial charge is 0.255 e. The van der Waals surface area contributed by atoms with Crippen LogP contribution in [0.25, 0.3) is 11.0 Å². The number of halogens is 1. The summed E-state index contributed by atoms with van der Waals surface area (Å²) in [5.41, 5.74) is 8.78. The molecule has 2 aliphatic rings. The Bertz CT molecular complexity index is 1280. The molecule has 0 radical (unpaired) electrons. The van der Waals surface area contributed by atoms with Gasteiger partial charge in [-0.2, -0.15) is 5.10 Å². The van der Waals surface area contributed by atoms with Crippen LogP contribution in [0.15, 0.2) is 18.5 Å². The van der Waals surface area contributed by atoms with Crippen molar-refractivity contribution in [1.82, 2.24) is 24.6 Å². The second-order valence-electron chi connectivity index (χ2n) is 8.53. The van der Waals surface area contributed by atoms with Crippen molar-refractivity contribution in [1.29, 1.82) is 0 Å². The minimum atomic E-state index is -0.584. The van der Waals surface area contributed by atoms with Crippen LogP contribution >= 0.6 is 11.6 Å². The van der Waals surface area contributed by atoms with Gasteiger partial charge in [0.25, 0.3) is 5.91 Å². The van der Waals surface area contributed by atoms with E-state index in [1.807, 2.05) is 18.5 Å². The molecule has 9 nitrogen and oxygen atoms in total. The van der Waals surface area contributed by atoms with E-state index in [9.17, 15) is 4.79 Å². The molecule has 2 aromatic heterocycles. The number of amides is 1. The summed E-state index contributed by atoms with van der Waals surface area (Å²) >= 11 is 6.55. The number of carbonyl (C=O) groups is 1. The maximum absolute atomic E-state index is 12.3. The number of fused-ring (bicyclic) bond motifs is 1. The van der Waals surface area contributed by atoms with Crippen LogP contribution in [0.1, 0.15) is 53.0 Å². The molecule has 2 fully saturated rings. The monoisotopic (exact) mass is 467 g/mol. The number of carbonyl (C=O) groups excluding carboxylic acids is 1. The second-order valence-corrected chi connectivity index (χ2v) is 8.94. The van der Waals surface area contributed by atoms with Gasteiger partial charge in [0.05, 0.1) is 35.0 Å². The number of hydrogen-bond acceptors (Lipinski definition) is 6. The zero-order chi connectivity index (χ0) is 23.1. The SMILES string of the molecule is CNc1c(C(N)=O)c(C#Cc2cc3ncn(C4CC4)c3cc2Cl)nn1[C@@H]1CN[C@@H](COC)C1. The molecule has 1 aromatic carbocycles. The van der Waals surface area contributed by atoms with Crippen molar-refractivity contribution in [2.24, 2.45) is 5.73 Å². The molecule has 5 rings (SSSR count).